The van der Waals surface area contributed by atoms with Gasteiger partial charge in [-0.15, -0.1) is 0 Å². The van der Waals surface area contributed by atoms with Crippen LogP contribution in [-0.2, 0) is 11.3 Å². The minimum Gasteiger partial charge on any atom is -0.383 e. The second-order valence-electron chi connectivity index (χ2n) is 5.60. The molecular formula is C16H26N2O. The Bertz CT molecular complexity index is 371. The van der Waals surface area contributed by atoms with E-state index in [4.69, 9.17) is 4.74 Å². The zero-order valence-corrected chi connectivity index (χ0v) is 12.4. The molecule has 3 nitrogen and oxygen atoms in total. The van der Waals surface area contributed by atoms with Gasteiger partial charge < -0.3 is 15.0 Å². The fourth-order valence-electron chi connectivity index (χ4n) is 2.23. The summed E-state index contributed by atoms with van der Waals surface area (Å²) in [6, 6.07) is 10.2. The van der Waals surface area contributed by atoms with Crippen LogP contribution in [0.1, 0.15) is 32.3 Å². The summed E-state index contributed by atoms with van der Waals surface area (Å²) in [6.07, 6.45) is 2.69. The predicted molar refractivity (Wildman–Crippen MR) is 80.7 cm³/mol. The third-order valence-electron chi connectivity index (χ3n) is 3.60. The van der Waals surface area contributed by atoms with Gasteiger partial charge in [-0.2, -0.15) is 0 Å². The second kappa shape index (κ2) is 6.92. The minimum absolute atomic E-state index is 0.491. The third kappa shape index (κ3) is 4.51. The number of anilines is 1. The van der Waals surface area contributed by atoms with Gasteiger partial charge in [0.1, 0.15) is 0 Å². The van der Waals surface area contributed by atoms with Gasteiger partial charge in [-0.25, -0.2) is 0 Å². The van der Waals surface area contributed by atoms with Crippen molar-refractivity contribution in [3.05, 3.63) is 29.8 Å². The van der Waals surface area contributed by atoms with Crippen LogP contribution in [0.4, 0.5) is 5.69 Å². The van der Waals surface area contributed by atoms with Crippen LogP contribution in [0.5, 0.6) is 0 Å². The smallest absolute Gasteiger partial charge is 0.0637 e. The molecule has 1 N–H and O–H groups in total. The highest BCUT2D eigenvalue weighted by Gasteiger charge is 2.19. The predicted octanol–water partition coefficient (Wildman–Crippen LogP) is 2.80. The summed E-state index contributed by atoms with van der Waals surface area (Å²) in [6.45, 7) is 7.14. The van der Waals surface area contributed by atoms with Gasteiger partial charge in [0.2, 0.25) is 0 Å². The fraction of sp³-hybridized carbons (Fsp3) is 0.625. The molecule has 0 aliphatic heterocycles. The highest BCUT2D eigenvalue weighted by atomic mass is 16.5. The molecule has 1 aromatic rings. The molecule has 1 fully saturated rings. The molecule has 0 atom stereocenters. The monoisotopic (exact) mass is 262 g/mol. The molecule has 19 heavy (non-hydrogen) atoms. The van der Waals surface area contributed by atoms with Gasteiger partial charge in [-0.1, -0.05) is 12.1 Å². The summed E-state index contributed by atoms with van der Waals surface area (Å²) >= 11 is 0. The van der Waals surface area contributed by atoms with Crippen molar-refractivity contribution in [3.63, 3.8) is 0 Å². The molecule has 0 bridgehead atoms. The molecule has 106 valence electrons. The lowest BCUT2D eigenvalue weighted by atomic mass is 10.1. The number of methoxy groups -OCH3 is 1. The van der Waals surface area contributed by atoms with E-state index in [2.05, 4.69) is 48.3 Å². The van der Waals surface area contributed by atoms with Crippen LogP contribution in [0.15, 0.2) is 24.3 Å². The SMILES string of the molecule is COCCN(c1ccc(CNC2CC2)cc1)C(C)C. The number of rotatable bonds is 8. The quantitative estimate of drug-likeness (QED) is 0.779. The Morgan fingerprint density at radius 3 is 2.47 bits per heavy atom. The van der Waals surface area contributed by atoms with E-state index in [1.165, 1.54) is 24.1 Å². The van der Waals surface area contributed by atoms with Crippen LogP contribution >= 0.6 is 0 Å². The van der Waals surface area contributed by atoms with Crippen molar-refractivity contribution < 1.29 is 4.74 Å². The summed E-state index contributed by atoms with van der Waals surface area (Å²) in [4.78, 5) is 2.38. The van der Waals surface area contributed by atoms with Crippen molar-refractivity contribution in [1.29, 1.82) is 0 Å². The Balaban J connectivity index is 1.93. The maximum Gasteiger partial charge on any atom is 0.0637 e. The van der Waals surface area contributed by atoms with Crippen molar-refractivity contribution in [2.75, 3.05) is 25.2 Å². The van der Waals surface area contributed by atoms with E-state index >= 15 is 0 Å². The number of hydrogen-bond acceptors (Lipinski definition) is 3. The second-order valence-corrected chi connectivity index (χ2v) is 5.60. The van der Waals surface area contributed by atoms with E-state index < -0.39 is 0 Å². The molecule has 0 amide bonds. The Kier molecular flexibility index (Phi) is 5.23. The van der Waals surface area contributed by atoms with Gasteiger partial charge in [0.25, 0.3) is 0 Å². The number of hydrogen-bond donors (Lipinski definition) is 1. The first kappa shape index (κ1) is 14.4. The lowest BCUT2D eigenvalue weighted by Gasteiger charge is -2.29. The molecular weight excluding hydrogens is 236 g/mol. The summed E-state index contributed by atoms with van der Waals surface area (Å²) in [5.74, 6) is 0. The molecule has 2 rings (SSSR count). The molecule has 1 aliphatic rings. The van der Waals surface area contributed by atoms with E-state index in [9.17, 15) is 0 Å². The largest absolute Gasteiger partial charge is 0.383 e. The molecule has 3 heteroatoms. The molecule has 0 unspecified atom stereocenters. The maximum atomic E-state index is 5.19. The van der Waals surface area contributed by atoms with E-state index in [0.29, 0.717) is 6.04 Å². The number of benzene rings is 1. The average molecular weight is 262 g/mol. The number of nitrogens with zero attached hydrogens (tertiary/aromatic N) is 1. The minimum atomic E-state index is 0.491. The average Bonchev–Trinajstić information content (AvgIpc) is 3.22. The Morgan fingerprint density at radius 1 is 1.26 bits per heavy atom. The zero-order valence-electron chi connectivity index (χ0n) is 12.4. The summed E-state index contributed by atoms with van der Waals surface area (Å²) in [5.41, 5.74) is 2.65. The Hall–Kier alpha value is -1.06. The van der Waals surface area contributed by atoms with Crippen molar-refractivity contribution in [1.82, 2.24) is 5.32 Å². The standard InChI is InChI=1S/C16H26N2O/c1-13(2)18(10-11-19-3)16-8-4-14(5-9-16)12-17-15-6-7-15/h4-5,8-9,13,15,17H,6-7,10-12H2,1-3H3. The van der Waals surface area contributed by atoms with Gasteiger partial charge in [-0.05, 0) is 44.4 Å². The van der Waals surface area contributed by atoms with Gasteiger partial charge >= 0.3 is 0 Å². The van der Waals surface area contributed by atoms with E-state index in [0.717, 1.165) is 25.7 Å². The molecule has 0 spiro atoms. The zero-order chi connectivity index (χ0) is 13.7. The van der Waals surface area contributed by atoms with Gasteiger partial charge in [-0.3, -0.25) is 0 Å². The van der Waals surface area contributed by atoms with Crippen molar-refractivity contribution in [2.45, 2.75) is 45.3 Å². The molecule has 1 saturated carbocycles. The highest BCUT2D eigenvalue weighted by molar-refractivity contribution is 5.48. The number of ether oxygens (including phenoxy) is 1. The molecule has 0 radical (unpaired) electrons. The van der Waals surface area contributed by atoms with E-state index in [1.807, 2.05) is 0 Å². The van der Waals surface area contributed by atoms with Crippen molar-refractivity contribution in [2.24, 2.45) is 0 Å². The summed E-state index contributed by atoms with van der Waals surface area (Å²) < 4.78 is 5.19. The lowest BCUT2D eigenvalue weighted by molar-refractivity contribution is 0.204. The van der Waals surface area contributed by atoms with Crippen LogP contribution in [0.25, 0.3) is 0 Å². The lowest BCUT2D eigenvalue weighted by Crippen LogP contribution is -2.33. The normalized spacial score (nSPS) is 14.9. The highest BCUT2D eigenvalue weighted by Crippen LogP contribution is 2.21. The van der Waals surface area contributed by atoms with Crippen LogP contribution in [0.3, 0.4) is 0 Å². The first-order valence-corrected chi connectivity index (χ1v) is 7.28. The van der Waals surface area contributed by atoms with E-state index in [-0.39, 0.29) is 0 Å². The molecule has 0 saturated heterocycles. The van der Waals surface area contributed by atoms with Crippen LogP contribution in [0.2, 0.25) is 0 Å². The summed E-state index contributed by atoms with van der Waals surface area (Å²) in [5, 5.41) is 3.55. The van der Waals surface area contributed by atoms with Gasteiger partial charge in [0, 0.05) is 38.0 Å². The first-order chi connectivity index (χ1) is 9.20. The molecule has 0 aromatic heterocycles. The maximum absolute atomic E-state index is 5.19. The topological polar surface area (TPSA) is 24.5 Å². The van der Waals surface area contributed by atoms with Crippen LogP contribution < -0.4 is 10.2 Å². The van der Waals surface area contributed by atoms with Gasteiger partial charge in [0.15, 0.2) is 0 Å². The molecule has 1 aromatic carbocycles. The van der Waals surface area contributed by atoms with Crippen molar-refractivity contribution in [3.8, 4) is 0 Å². The van der Waals surface area contributed by atoms with Crippen LogP contribution in [0, 0.1) is 0 Å². The Morgan fingerprint density at radius 2 is 1.95 bits per heavy atom. The van der Waals surface area contributed by atoms with Gasteiger partial charge in [0.05, 0.1) is 6.61 Å². The molecule has 0 heterocycles. The Labute approximate surface area is 116 Å². The third-order valence-corrected chi connectivity index (χ3v) is 3.60. The molecule has 1 aliphatic carbocycles. The number of nitrogens with one attached hydrogen (secondary N) is 1. The summed E-state index contributed by atoms with van der Waals surface area (Å²) in [7, 11) is 1.76. The van der Waals surface area contributed by atoms with Crippen LogP contribution in [-0.4, -0.2) is 32.3 Å². The first-order valence-electron chi connectivity index (χ1n) is 7.28. The van der Waals surface area contributed by atoms with E-state index in [1.54, 1.807) is 7.11 Å². The fourth-order valence-corrected chi connectivity index (χ4v) is 2.23. The van der Waals surface area contributed by atoms with Crippen molar-refractivity contribution >= 4 is 5.69 Å².